The third-order valence-corrected chi connectivity index (χ3v) is 2.59. The largest absolute Gasteiger partial charge is 0.289 e. The highest BCUT2D eigenvalue weighted by Crippen LogP contribution is 2.14. The van der Waals surface area contributed by atoms with Crippen molar-refractivity contribution < 1.29 is 0 Å². The zero-order valence-corrected chi connectivity index (χ0v) is 9.45. The van der Waals surface area contributed by atoms with Crippen molar-refractivity contribution in [1.82, 2.24) is 20.0 Å². The molecule has 0 fully saturated rings. The number of aromatic nitrogens is 4. The van der Waals surface area contributed by atoms with Crippen molar-refractivity contribution in [3.8, 4) is 17.1 Å². The average Bonchev–Trinajstić information content (AvgIpc) is 2.83. The van der Waals surface area contributed by atoms with Gasteiger partial charge in [-0.1, -0.05) is 30.3 Å². The normalized spacial score (nSPS) is 10.4. The lowest BCUT2D eigenvalue weighted by molar-refractivity contribution is 0.793. The Morgan fingerprint density at radius 3 is 2.61 bits per heavy atom. The predicted molar refractivity (Wildman–Crippen MR) is 67.4 cm³/mol. The van der Waals surface area contributed by atoms with Crippen molar-refractivity contribution in [3.05, 3.63) is 65.1 Å². The topological polar surface area (TPSA) is 63.6 Å². The molecule has 2 aromatic heterocycles. The van der Waals surface area contributed by atoms with Gasteiger partial charge in [0.05, 0.1) is 5.69 Å². The summed E-state index contributed by atoms with van der Waals surface area (Å²) >= 11 is 0. The highest BCUT2D eigenvalue weighted by Gasteiger charge is 2.07. The summed E-state index contributed by atoms with van der Waals surface area (Å²) in [4.78, 5) is 11.9. The van der Waals surface area contributed by atoms with E-state index in [2.05, 4.69) is 15.3 Å². The van der Waals surface area contributed by atoms with E-state index in [1.807, 2.05) is 30.3 Å². The van der Waals surface area contributed by atoms with Crippen molar-refractivity contribution in [1.29, 1.82) is 0 Å². The molecule has 0 aliphatic rings. The molecule has 0 amide bonds. The van der Waals surface area contributed by atoms with Crippen LogP contribution in [-0.2, 0) is 0 Å². The third-order valence-electron chi connectivity index (χ3n) is 2.59. The molecule has 2 heterocycles. The Morgan fingerprint density at radius 1 is 1.06 bits per heavy atom. The Balaban J connectivity index is 2.10. The van der Waals surface area contributed by atoms with Gasteiger partial charge in [0.25, 0.3) is 5.56 Å². The Bertz CT molecular complexity index is 701. The average molecular weight is 238 g/mol. The number of nitrogens with one attached hydrogen (secondary N) is 1. The molecule has 0 aliphatic heterocycles. The van der Waals surface area contributed by atoms with E-state index in [1.165, 1.54) is 4.68 Å². The summed E-state index contributed by atoms with van der Waals surface area (Å²) in [5, 5.41) is 10.7. The molecule has 5 heteroatoms. The number of nitrogens with zero attached hydrogens (tertiary/aromatic N) is 3. The molecule has 0 saturated carbocycles. The Morgan fingerprint density at radius 2 is 1.89 bits per heavy atom. The van der Waals surface area contributed by atoms with Gasteiger partial charge in [0, 0.05) is 12.3 Å². The molecule has 1 N–H and O–H groups in total. The number of hydrogen-bond donors (Lipinski definition) is 1. The van der Waals surface area contributed by atoms with E-state index >= 15 is 0 Å². The molecule has 0 aliphatic carbocycles. The molecule has 0 bridgehead atoms. The van der Waals surface area contributed by atoms with Crippen LogP contribution in [0.3, 0.4) is 0 Å². The van der Waals surface area contributed by atoms with Gasteiger partial charge >= 0.3 is 0 Å². The molecule has 0 radical (unpaired) electrons. The van der Waals surface area contributed by atoms with Gasteiger partial charge in [-0.3, -0.25) is 9.89 Å². The summed E-state index contributed by atoms with van der Waals surface area (Å²) in [6.45, 7) is 0. The van der Waals surface area contributed by atoms with Crippen molar-refractivity contribution in [3.63, 3.8) is 0 Å². The van der Waals surface area contributed by atoms with Crippen molar-refractivity contribution >= 4 is 0 Å². The first-order chi connectivity index (χ1) is 8.84. The van der Waals surface area contributed by atoms with Crippen LogP contribution in [0.1, 0.15) is 0 Å². The Kier molecular flexibility index (Phi) is 2.49. The predicted octanol–water partition coefficient (Wildman–Crippen LogP) is 1.62. The van der Waals surface area contributed by atoms with Gasteiger partial charge in [-0.2, -0.15) is 9.78 Å². The van der Waals surface area contributed by atoms with Gasteiger partial charge in [-0.05, 0) is 17.7 Å². The third kappa shape index (κ3) is 1.82. The van der Waals surface area contributed by atoms with E-state index in [0.717, 1.165) is 11.3 Å². The maximum Gasteiger partial charge on any atom is 0.273 e. The van der Waals surface area contributed by atoms with Gasteiger partial charge in [-0.15, -0.1) is 5.10 Å². The van der Waals surface area contributed by atoms with Crippen LogP contribution in [0.5, 0.6) is 0 Å². The smallest absolute Gasteiger partial charge is 0.273 e. The van der Waals surface area contributed by atoms with Crippen LogP contribution in [0.2, 0.25) is 0 Å². The molecular weight excluding hydrogens is 228 g/mol. The second-order valence-electron chi connectivity index (χ2n) is 3.79. The SMILES string of the molecule is O=c1cc(-c2ccccc2)[nH]n1-c1cccnn1. The van der Waals surface area contributed by atoms with Crippen LogP contribution in [0.4, 0.5) is 0 Å². The van der Waals surface area contributed by atoms with E-state index < -0.39 is 0 Å². The first-order valence-corrected chi connectivity index (χ1v) is 5.50. The summed E-state index contributed by atoms with van der Waals surface area (Å²) in [6, 6.07) is 14.7. The molecule has 3 aromatic rings. The Labute approximate surface area is 103 Å². The summed E-state index contributed by atoms with van der Waals surface area (Å²) in [5.74, 6) is 0.477. The van der Waals surface area contributed by atoms with Gasteiger partial charge in [-0.25, -0.2) is 0 Å². The maximum atomic E-state index is 11.9. The van der Waals surface area contributed by atoms with E-state index in [4.69, 9.17) is 0 Å². The molecule has 0 spiro atoms. The number of H-pyrrole nitrogens is 1. The van der Waals surface area contributed by atoms with Crippen LogP contribution < -0.4 is 5.56 Å². The van der Waals surface area contributed by atoms with E-state index in [9.17, 15) is 4.79 Å². The molecule has 18 heavy (non-hydrogen) atoms. The molecule has 0 unspecified atom stereocenters. The Hall–Kier alpha value is -2.69. The lowest BCUT2D eigenvalue weighted by atomic mass is 10.2. The fourth-order valence-corrected chi connectivity index (χ4v) is 1.74. The minimum atomic E-state index is -0.158. The minimum absolute atomic E-state index is 0.158. The zero-order valence-electron chi connectivity index (χ0n) is 9.45. The molecule has 3 rings (SSSR count). The summed E-state index contributed by atoms with van der Waals surface area (Å²) < 4.78 is 1.37. The number of benzene rings is 1. The molecule has 5 nitrogen and oxygen atoms in total. The lowest BCUT2D eigenvalue weighted by Crippen LogP contribution is -2.15. The first kappa shape index (κ1) is 10.5. The van der Waals surface area contributed by atoms with Gasteiger partial charge in [0.2, 0.25) is 0 Å². The fourth-order valence-electron chi connectivity index (χ4n) is 1.74. The van der Waals surface area contributed by atoms with E-state index in [1.54, 1.807) is 24.4 Å². The molecule has 0 saturated heterocycles. The summed E-state index contributed by atoms with van der Waals surface area (Å²) in [6.07, 6.45) is 1.57. The maximum absolute atomic E-state index is 11.9. The van der Waals surface area contributed by atoms with E-state index in [-0.39, 0.29) is 5.56 Å². The summed E-state index contributed by atoms with van der Waals surface area (Å²) in [7, 11) is 0. The minimum Gasteiger partial charge on any atom is -0.289 e. The fraction of sp³-hybridized carbons (Fsp3) is 0. The highest BCUT2D eigenvalue weighted by atomic mass is 16.1. The van der Waals surface area contributed by atoms with Crippen LogP contribution in [0.25, 0.3) is 17.1 Å². The summed E-state index contributed by atoms with van der Waals surface area (Å²) in [5.41, 5.74) is 1.55. The standard InChI is InChI=1S/C13H10N4O/c18-13-9-11(10-5-2-1-3-6-10)16-17(13)12-7-4-8-14-15-12/h1-9,16H. The number of rotatable bonds is 2. The first-order valence-electron chi connectivity index (χ1n) is 5.50. The van der Waals surface area contributed by atoms with Crippen molar-refractivity contribution in [2.24, 2.45) is 0 Å². The monoisotopic (exact) mass is 238 g/mol. The zero-order chi connectivity index (χ0) is 12.4. The lowest BCUT2D eigenvalue weighted by Gasteiger charge is -1.99. The van der Waals surface area contributed by atoms with Gasteiger partial charge < -0.3 is 0 Å². The van der Waals surface area contributed by atoms with Crippen LogP contribution >= 0.6 is 0 Å². The highest BCUT2D eigenvalue weighted by molar-refractivity contribution is 5.58. The van der Waals surface area contributed by atoms with Crippen LogP contribution in [-0.4, -0.2) is 20.0 Å². The number of hydrogen-bond acceptors (Lipinski definition) is 3. The van der Waals surface area contributed by atoms with Crippen LogP contribution in [0.15, 0.2) is 59.5 Å². The van der Waals surface area contributed by atoms with Gasteiger partial charge in [0.1, 0.15) is 0 Å². The molecule has 88 valence electrons. The molecule has 1 aromatic carbocycles. The van der Waals surface area contributed by atoms with Gasteiger partial charge in [0.15, 0.2) is 5.82 Å². The van der Waals surface area contributed by atoms with E-state index in [0.29, 0.717) is 5.82 Å². The van der Waals surface area contributed by atoms with Crippen molar-refractivity contribution in [2.45, 2.75) is 0 Å². The van der Waals surface area contributed by atoms with Crippen LogP contribution in [0, 0.1) is 0 Å². The molecular formula is C13H10N4O. The second-order valence-corrected chi connectivity index (χ2v) is 3.79. The quantitative estimate of drug-likeness (QED) is 0.738. The second kappa shape index (κ2) is 4.29. The molecule has 0 atom stereocenters. The van der Waals surface area contributed by atoms with Crippen molar-refractivity contribution in [2.75, 3.05) is 0 Å². The number of aromatic amines is 1.